The molecular formula is C15H22N2O3. The predicted molar refractivity (Wildman–Crippen MR) is 77.9 cm³/mol. The molecule has 2 rings (SSSR count). The summed E-state index contributed by atoms with van der Waals surface area (Å²) in [7, 11) is 0. The third-order valence-electron chi connectivity index (χ3n) is 3.67. The van der Waals surface area contributed by atoms with Crippen molar-refractivity contribution in [2.24, 2.45) is 0 Å². The van der Waals surface area contributed by atoms with Gasteiger partial charge in [-0.1, -0.05) is 25.0 Å². The van der Waals surface area contributed by atoms with Crippen LogP contribution in [-0.2, 0) is 11.2 Å². The number of nitrogens with one attached hydrogen (secondary N) is 1. The highest BCUT2D eigenvalue weighted by atomic mass is 16.6. The van der Waals surface area contributed by atoms with Crippen molar-refractivity contribution in [2.45, 2.75) is 38.2 Å². The van der Waals surface area contributed by atoms with Crippen LogP contribution in [-0.4, -0.2) is 30.7 Å². The smallest absolute Gasteiger partial charge is 0.269 e. The number of rotatable bonds is 8. The molecule has 0 aromatic heterocycles. The maximum absolute atomic E-state index is 10.5. The van der Waals surface area contributed by atoms with Gasteiger partial charge in [0.1, 0.15) is 0 Å². The summed E-state index contributed by atoms with van der Waals surface area (Å²) in [5.74, 6) is 0. The highest BCUT2D eigenvalue weighted by molar-refractivity contribution is 5.32. The molecule has 0 unspecified atom stereocenters. The minimum absolute atomic E-state index is 0.145. The number of hydrogen-bond acceptors (Lipinski definition) is 4. The van der Waals surface area contributed by atoms with E-state index in [2.05, 4.69) is 5.32 Å². The van der Waals surface area contributed by atoms with Crippen molar-refractivity contribution in [1.82, 2.24) is 5.32 Å². The van der Waals surface area contributed by atoms with Crippen LogP contribution in [0.25, 0.3) is 0 Å². The number of nitrogens with zero attached hydrogens (tertiary/aromatic N) is 1. The number of nitro groups is 1. The lowest BCUT2D eigenvalue weighted by Gasteiger charge is -2.11. The van der Waals surface area contributed by atoms with Crippen LogP contribution in [0.3, 0.4) is 0 Å². The Morgan fingerprint density at radius 2 is 1.90 bits per heavy atom. The number of non-ortho nitro benzene ring substituents is 1. The maximum Gasteiger partial charge on any atom is 0.269 e. The molecule has 1 saturated carbocycles. The van der Waals surface area contributed by atoms with Crippen LogP contribution in [0.15, 0.2) is 24.3 Å². The minimum Gasteiger partial charge on any atom is -0.377 e. The van der Waals surface area contributed by atoms with Gasteiger partial charge >= 0.3 is 0 Å². The molecule has 1 aromatic carbocycles. The first-order valence-electron chi connectivity index (χ1n) is 7.31. The first-order valence-corrected chi connectivity index (χ1v) is 7.31. The van der Waals surface area contributed by atoms with E-state index in [4.69, 9.17) is 4.74 Å². The molecule has 0 spiro atoms. The molecular weight excluding hydrogens is 256 g/mol. The highest BCUT2D eigenvalue weighted by Crippen LogP contribution is 2.20. The Morgan fingerprint density at radius 3 is 2.55 bits per heavy atom. The van der Waals surface area contributed by atoms with Gasteiger partial charge in [-0.3, -0.25) is 10.1 Å². The van der Waals surface area contributed by atoms with Crippen LogP contribution in [0.1, 0.15) is 31.2 Å². The molecule has 1 aliphatic rings. The zero-order valence-corrected chi connectivity index (χ0v) is 11.7. The van der Waals surface area contributed by atoms with E-state index in [0.717, 1.165) is 31.7 Å². The zero-order valence-electron chi connectivity index (χ0n) is 11.7. The number of nitro benzene ring substituents is 1. The van der Waals surface area contributed by atoms with Gasteiger partial charge in [-0.2, -0.15) is 0 Å². The van der Waals surface area contributed by atoms with Crippen LogP contribution in [0, 0.1) is 10.1 Å². The lowest BCUT2D eigenvalue weighted by Crippen LogP contribution is -2.24. The lowest BCUT2D eigenvalue weighted by molar-refractivity contribution is -0.384. The molecule has 0 bridgehead atoms. The van der Waals surface area contributed by atoms with Gasteiger partial charge in [0.25, 0.3) is 5.69 Å². The van der Waals surface area contributed by atoms with Gasteiger partial charge in [-0.15, -0.1) is 0 Å². The first-order chi connectivity index (χ1) is 9.75. The second-order valence-electron chi connectivity index (χ2n) is 5.20. The van der Waals surface area contributed by atoms with Crippen LogP contribution in [0.2, 0.25) is 0 Å². The van der Waals surface area contributed by atoms with Crippen molar-refractivity contribution in [3.63, 3.8) is 0 Å². The second kappa shape index (κ2) is 7.97. The summed E-state index contributed by atoms with van der Waals surface area (Å²) in [4.78, 5) is 10.2. The van der Waals surface area contributed by atoms with E-state index < -0.39 is 0 Å². The molecule has 0 radical (unpaired) electrons. The first kappa shape index (κ1) is 14.9. The summed E-state index contributed by atoms with van der Waals surface area (Å²) in [6.07, 6.45) is 6.38. The lowest BCUT2D eigenvalue weighted by atomic mass is 10.1. The van der Waals surface area contributed by atoms with E-state index >= 15 is 0 Å². The molecule has 1 aromatic rings. The maximum atomic E-state index is 10.5. The SMILES string of the molecule is O=[N+]([O-])c1ccc(CCNCCOC2CCCC2)cc1. The number of benzene rings is 1. The van der Waals surface area contributed by atoms with E-state index in [1.54, 1.807) is 12.1 Å². The van der Waals surface area contributed by atoms with Crippen LogP contribution >= 0.6 is 0 Å². The van der Waals surface area contributed by atoms with Crippen LogP contribution in [0.4, 0.5) is 5.69 Å². The molecule has 110 valence electrons. The van der Waals surface area contributed by atoms with Crippen molar-refractivity contribution in [3.05, 3.63) is 39.9 Å². The van der Waals surface area contributed by atoms with Gasteiger partial charge in [0.15, 0.2) is 0 Å². The van der Waals surface area contributed by atoms with Crippen LogP contribution in [0.5, 0.6) is 0 Å². The zero-order chi connectivity index (χ0) is 14.2. The number of ether oxygens (including phenoxy) is 1. The normalized spacial score (nSPS) is 15.6. The largest absolute Gasteiger partial charge is 0.377 e. The summed E-state index contributed by atoms with van der Waals surface area (Å²) in [6, 6.07) is 6.74. The molecule has 0 heterocycles. The fourth-order valence-electron chi connectivity index (χ4n) is 2.49. The molecule has 5 heteroatoms. The van der Waals surface area contributed by atoms with E-state index in [-0.39, 0.29) is 10.6 Å². The average molecular weight is 278 g/mol. The predicted octanol–water partition coefficient (Wildman–Crippen LogP) is 2.69. The third kappa shape index (κ3) is 4.90. The van der Waals surface area contributed by atoms with Crippen molar-refractivity contribution < 1.29 is 9.66 Å². The molecule has 0 atom stereocenters. The highest BCUT2D eigenvalue weighted by Gasteiger charge is 2.14. The third-order valence-corrected chi connectivity index (χ3v) is 3.67. The van der Waals surface area contributed by atoms with Crippen LogP contribution < -0.4 is 5.32 Å². The van der Waals surface area contributed by atoms with Crippen molar-refractivity contribution in [2.75, 3.05) is 19.7 Å². The molecule has 1 N–H and O–H groups in total. The molecule has 1 fully saturated rings. The minimum atomic E-state index is -0.373. The Bertz CT molecular complexity index is 414. The van der Waals surface area contributed by atoms with E-state index in [9.17, 15) is 10.1 Å². The molecule has 0 saturated heterocycles. The summed E-state index contributed by atoms with van der Waals surface area (Å²) < 4.78 is 5.76. The monoisotopic (exact) mass is 278 g/mol. The Hall–Kier alpha value is -1.46. The fourth-order valence-corrected chi connectivity index (χ4v) is 2.49. The van der Waals surface area contributed by atoms with Gasteiger partial charge < -0.3 is 10.1 Å². The second-order valence-corrected chi connectivity index (χ2v) is 5.20. The van der Waals surface area contributed by atoms with Crippen molar-refractivity contribution >= 4 is 5.69 Å². The topological polar surface area (TPSA) is 64.4 Å². The Balaban J connectivity index is 1.55. The Labute approximate surface area is 119 Å². The standard InChI is InChI=1S/C15H22N2O3/c18-17(19)14-7-5-13(6-8-14)9-10-16-11-12-20-15-3-1-2-4-15/h5-8,15-16H,1-4,9-12H2. The number of hydrogen-bond donors (Lipinski definition) is 1. The van der Waals surface area contributed by atoms with Crippen molar-refractivity contribution in [3.8, 4) is 0 Å². The molecule has 0 amide bonds. The van der Waals surface area contributed by atoms with E-state index in [0.29, 0.717) is 6.10 Å². The molecule has 0 aliphatic heterocycles. The van der Waals surface area contributed by atoms with Gasteiger partial charge in [0.2, 0.25) is 0 Å². The van der Waals surface area contributed by atoms with Gasteiger partial charge in [0, 0.05) is 18.7 Å². The van der Waals surface area contributed by atoms with E-state index in [1.807, 2.05) is 12.1 Å². The van der Waals surface area contributed by atoms with Crippen molar-refractivity contribution in [1.29, 1.82) is 0 Å². The van der Waals surface area contributed by atoms with E-state index in [1.165, 1.54) is 25.7 Å². The molecule has 1 aliphatic carbocycles. The van der Waals surface area contributed by atoms with Gasteiger partial charge in [-0.05, 0) is 31.4 Å². The van der Waals surface area contributed by atoms with Gasteiger partial charge in [0.05, 0.1) is 17.6 Å². The summed E-state index contributed by atoms with van der Waals surface area (Å²) >= 11 is 0. The molecule has 5 nitrogen and oxygen atoms in total. The quantitative estimate of drug-likeness (QED) is 0.451. The average Bonchev–Trinajstić information content (AvgIpc) is 2.96. The summed E-state index contributed by atoms with van der Waals surface area (Å²) in [5, 5.41) is 13.9. The Kier molecular flexibility index (Phi) is 5.95. The fraction of sp³-hybridized carbons (Fsp3) is 0.600. The van der Waals surface area contributed by atoms with Gasteiger partial charge in [-0.25, -0.2) is 0 Å². The molecule has 20 heavy (non-hydrogen) atoms. The Morgan fingerprint density at radius 1 is 1.20 bits per heavy atom. The summed E-state index contributed by atoms with van der Waals surface area (Å²) in [5.41, 5.74) is 1.26. The summed E-state index contributed by atoms with van der Waals surface area (Å²) in [6.45, 7) is 2.50.